The van der Waals surface area contributed by atoms with Crippen molar-refractivity contribution < 1.29 is 19.1 Å². The van der Waals surface area contributed by atoms with Crippen LogP contribution in [0.3, 0.4) is 0 Å². The van der Waals surface area contributed by atoms with E-state index in [9.17, 15) is 9.59 Å². The molecular formula is C32H47ClN2O4. The summed E-state index contributed by atoms with van der Waals surface area (Å²) in [5.41, 5.74) is 2.03. The largest absolute Gasteiger partial charge is 0.462 e. The van der Waals surface area contributed by atoms with Crippen molar-refractivity contribution in [1.82, 2.24) is 9.80 Å². The van der Waals surface area contributed by atoms with Crippen molar-refractivity contribution in [1.29, 1.82) is 0 Å². The Labute approximate surface area is 241 Å². The number of likely N-dealkylation sites (tertiary alicyclic amines) is 2. The maximum absolute atomic E-state index is 11.9. The third-order valence-corrected chi connectivity index (χ3v) is 8.18. The Bertz CT molecular complexity index is 900. The number of ether oxygens (including phenoxy) is 2. The van der Waals surface area contributed by atoms with Crippen molar-refractivity contribution >= 4 is 24.3 Å². The number of benzene rings is 2. The normalized spacial score (nSPS) is 27.3. The number of carbonyl (C=O) groups is 2. The molecule has 0 spiro atoms. The molecule has 0 N–H and O–H groups in total. The molecule has 0 aliphatic carbocycles. The van der Waals surface area contributed by atoms with Gasteiger partial charge in [0.15, 0.2) is 0 Å². The van der Waals surface area contributed by atoms with Gasteiger partial charge in [0.1, 0.15) is 12.2 Å². The van der Waals surface area contributed by atoms with Gasteiger partial charge in [-0.25, -0.2) is 0 Å². The van der Waals surface area contributed by atoms with E-state index in [1.807, 2.05) is 60.7 Å². The van der Waals surface area contributed by atoms with Gasteiger partial charge in [0, 0.05) is 24.2 Å². The van der Waals surface area contributed by atoms with Crippen LogP contribution >= 0.6 is 12.4 Å². The van der Waals surface area contributed by atoms with Crippen LogP contribution in [-0.2, 0) is 31.9 Å². The van der Waals surface area contributed by atoms with Crippen LogP contribution in [0.15, 0.2) is 60.7 Å². The van der Waals surface area contributed by atoms with Gasteiger partial charge in [-0.2, -0.15) is 0 Å². The number of piperidine rings is 2. The van der Waals surface area contributed by atoms with Gasteiger partial charge in [-0.1, -0.05) is 60.7 Å². The summed E-state index contributed by atoms with van der Waals surface area (Å²) in [6.45, 7) is 8.75. The molecule has 2 aliphatic rings. The van der Waals surface area contributed by atoms with Crippen LogP contribution in [0.1, 0.15) is 64.5 Å². The third kappa shape index (κ3) is 10.6. The molecule has 216 valence electrons. The van der Waals surface area contributed by atoms with E-state index < -0.39 is 0 Å². The van der Waals surface area contributed by atoms with Crippen molar-refractivity contribution in [3.63, 3.8) is 0 Å². The van der Waals surface area contributed by atoms with Crippen LogP contribution in [0.25, 0.3) is 0 Å². The first-order valence-corrected chi connectivity index (χ1v) is 14.0. The second kappa shape index (κ2) is 16.0. The molecular weight excluding hydrogens is 512 g/mol. The first-order chi connectivity index (χ1) is 18.1. The standard InChI is InChI=1S/2C16H23NO2.ClH/c2*1-12-9-15(10-13(2)17(12)3)19-16(18)11-14-7-5-4-6-8-14;/h2*4-8,12-13,15H,9-11H2,1-3H3;1H. The Morgan fingerprint density at radius 3 is 1.18 bits per heavy atom. The Balaban J connectivity index is 0.000000267. The van der Waals surface area contributed by atoms with Gasteiger partial charge in [-0.15, -0.1) is 12.4 Å². The monoisotopic (exact) mass is 558 g/mol. The molecule has 0 aromatic heterocycles. The van der Waals surface area contributed by atoms with Gasteiger partial charge in [0.05, 0.1) is 12.8 Å². The second-order valence-electron chi connectivity index (χ2n) is 11.2. The van der Waals surface area contributed by atoms with Gasteiger partial charge < -0.3 is 19.3 Å². The van der Waals surface area contributed by atoms with Crippen LogP contribution in [0.4, 0.5) is 0 Å². The summed E-state index contributed by atoms with van der Waals surface area (Å²) in [6, 6.07) is 21.4. The van der Waals surface area contributed by atoms with E-state index in [1.165, 1.54) is 0 Å². The smallest absolute Gasteiger partial charge is 0.310 e. The van der Waals surface area contributed by atoms with E-state index in [2.05, 4.69) is 51.6 Å². The molecule has 2 heterocycles. The van der Waals surface area contributed by atoms with Gasteiger partial charge >= 0.3 is 11.9 Å². The maximum atomic E-state index is 11.9. The highest BCUT2D eigenvalue weighted by molar-refractivity contribution is 5.85. The Hall–Kier alpha value is -2.41. The summed E-state index contributed by atoms with van der Waals surface area (Å²) < 4.78 is 11.2. The molecule has 0 bridgehead atoms. The third-order valence-electron chi connectivity index (χ3n) is 8.18. The SMILES string of the molecule is CC1CC(OC(=O)Cc2ccccc2)CC(C)N1C.CC1CC(OC(=O)Cc2ccccc2)CC(C)N1C.Cl. The molecule has 2 aromatic carbocycles. The molecule has 4 unspecified atom stereocenters. The first-order valence-electron chi connectivity index (χ1n) is 14.0. The number of esters is 2. The van der Waals surface area contributed by atoms with Crippen molar-refractivity contribution in [2.24, 2.45) is 0 Å². The lowest BCUT2D eigenvalue weighted by Gasteiger charge is -2.39. The lowest BCUT2D eigenvalue weighted by Crippen LogP contribution is -2.47. The maximum Gasteiger partial charge on any atom is 0.310 e. The van der Waals surface area contributed by atoms with E-state index >= 15 is 0 Å². The molecule has 2 aromatic rings. The number of carbonyl (C=O) groups excluding carboxylic acids is 2. The van der Waals surface area contributed by atoms with Gasteiger partial charge in [0.2, 0.25) is 0 Å². The molecule has 2 saturated heterocycles. The summed E-state index contributed by atoms with van der Waals surface area (Å²) in [7, 11) is 4.27. The van der Waals surface area contributed by atoms with E-state index in [1.54, 1.807) is 0 Å². The first kappa shape index (κ1) is 32.8. The summed E-state index contributed by atoms with van der Waals surface area (Å²) in [5, 5.41) is 0. The molecule has 4 rings (SSSR count). The molecule has 0 saturated carbocycles. The zero-order chi connectivity index (χ0) is 27.7. The van der Waals surface area contributed by atoms with Gasteiger partial charge in [-0.05, 0) is 78.6 Å². The van der Waals surface area contributed by atoms with Crippen LogP contribution in [-0.4, -0.2) is 72.2 Å². The molecule has 6 nitrogen and oxygen atoms in total. The predicted octanol–water partition coefficient (Wildman–Crippen LogP) is 5.71. The highest BCUT2D eigenvalue weighted by Gasteiger charge is 2.31. The van der Waals surface area contributed by atoms with Crippen molar-refractivity contribution in [2.45, 2.75) is 103 Å². The van der Waals surface area contributed by atoms with Crippen LogP contribution in [0.5, 0.6) is 0 Å². The number of nitrogens with zero attached hydrogens (tertiary/aromatic N) is 2. The van der Waals surface area contributed by atoms with Gasteiger partial charge in [-0.3, -0.25) is 9.59 Å². The van der Waals surface area contributed by atoms with Crippen LogP contribution < -0.4 is 0 Å². The molecule has 4 atom stereocenters. The molecule has 7 heteroatoms. The molecule has 2 fully saturated rings. The zero-order valence-electron chi connectivity index (χ0n) is 24.4. The van der Waals surface area contributed by atoms with E-state index in [0.717, 1.165) is 36.8 Å². The Morgan fingerprint density at radius 2 is 0.897 bits per heavy atom. The number of rotatable bonds is 6. The second-order valence-corrected chi connectivity index (χ2v) is 11.2. The number of hydrogen-bond acceptors (Lipinski definition) is 6. The quantitative estimate of drug-likeness (QED) is 0.423. The average Bonchev–Trinajstić information content (AvgIpc) is 2.87. The highest BCUT2D eigenvalue weighted by atomic mass is 35.5. The Morgan fingerprint density at radius 1 is 0.615 bits per heavy atom. The summed E-state index contributed by atoms with van der Waals surface area (Å²) in [4.78, 5) is 28.6. The van der Waals surface area contributed by atoms with E-state index in [0.29, 0.717) is 37.0 Å². The molecule has 2 aliphatic heterocycles. The summed E-state index contributed by atoms with van der Waals surface area (Å²) >= 11 is 0. The lowest BCUT2D eigenvalue weighted by molar-refractivity contribution is -0.153. The summed E-state index contributed by atoms with van der Waals surface area (Å²) in [5.74, 6) is -0.222. The zero-order valence-corrected chi connectivity index (χ0v) is 25.2. The number of hydrogen-bond donors (Lipinski definition) is 0. The molecule has 0 radical (unpaired) electrons. The average molecular weight is 559 g/mol. The van der Waals surface area contributed by atoms with E-state index in [4.69, 9.17) is 9.47 Å². The lowest BCUT2D eigenvalue weighted by atomic mass is 9.95. The van der Waals surface area contributed by atoms with Crippen molar-refractivity contribution in [3.05, 3.63) is 71.8 Å². The molecule has 0 amide bonds. The fourth-order valence-electron chi connectivity index (χ4n) is 5.42. The van der Waals surface area contributed by atoms with Crippen molar-refractivity contribution in [3.8, 4) is 0 Å². The minimum Gasteiger partial charge on any atom is -0.462 e. The van der Waals surface area contributed by atoms with Crippen LogP contribution in [0.2, 0.25) is 0 Å². The predicted molar refractivity (Wildman–Crippen MR) is 159 cm³/mol. The van der Waals surface area contributed by atoms with Gasteiger partial charge in [0.25, 0.3) is 0 Å². The number of halogens is 1. The van der Waals surface area contributed by atoms with Crippen LogP contribution in [0, 0.1) is 0 Å². The fourth-order valence-corrected chi connectivity index (χ4v) is 5.42. The van der Waals surface area contributed by atoms with E-state index in [-0.39, 0.29) is 36.6 Å². The molecule has 39 heavy (non-hydrogen) atoms. The highest BCUT2D eigenvalue weighted by Crippen LogP contribution is 2.25. The minimum atomic E-state index is -0.111. The van der Waals surface area contributed by atoms with Crippen molar-refractivity contribution in [2.75, 3.05) is 14.1 Å². The Kier molecular flexibility index (Phi) is 13.5. The fraction of sp³-hybridized carbons (Fsp3) is 0.562. The topological polar surface area (TPSA) is 59.1 Å². The minimum absolute atomic E-state index is 0. The summed E-state index contributed by atoms with van der Waals surface area (Å²) in [6.07, 6.45) is 4.60.